The highest BCUT2D eigenvalue weighted by molar-refractivity contribution is 5.97. The smallest absolute Gasteiger partial charge is 0.328 e. The molecule has 0 aliphatic heterocycles. The van der Waals surface area contributed by atoms with Crippen LogP contribution in [-0.4, -0.2) is 44.5 Å². The molecule has 0 saturated carbocycles. The number of rotatable bonds is 5. The third-order valence-electron chi connectivity index (χ3n) is 3.40. The molecule has 9 nitrogen and oxygen atoms in total. The maximum Gasteiger partial charge on any atom is 0.328 e. The number of carboxylic acids is 1. The molecule has 0 radical (unpaired) electrons. The summed E-state index contributed by atoms with van der Waals surface area (Å²) in [6, 6.07) is 7.31. The number of aliphatic carboxylic acids is 1. The standard InChI is InChI=1S/C16H17N3O6/c1-16(2,15(23)24)17-14(22)13-10(20)8-12(21)19(18-13)9-6-4-5-7-11(9)25-3/h4-8,20H,1-3H3,(H,17,22)(H,23,24). The maximum atomic E-state index is 12.3. The minimum atomic E-state index is -1.59. The van der Waals surface area contributed by atoms with Gasteiger partial charge >= 0.3 is 5.97 Å². The van der Waals surface area contributed by atoms with E-state index in [1.807, 2.05) is 0 Å². The molecule has 25 heavy (non-hydrogen) atoms. The zero-order valence-electron chi connectivity index (χ0n) is 13.8. The maximum absolute atomic E-state index is 12.3. The van der Waals surface area contributed by atoms with Crippen LogP contribution in [-0.2, 0) is 4.79 Å². The topological polar surface area (TPSA) is 131 Å². The van der Waals surface area contributed by atoms with E-state index < -0.39 is 34.4 Å². The number of carbonyl (C=O) groups excluding carboxylic acids is 1. The van der Waals surface area contributed by atoms with E-state index in [1.165, 1.54) is 21.0 Å². The van der Waals surface area contributed by atoms with Gasteiger partial charge < -0.3 is 20.3 Å². The van der Waals surface area contributed by atoms with Gasteiger partial charge in [-0.05, 0) is 26.0 Å². The minimum Gasteiger partial charge on any atom is -0.505 e. The van der Waals surface area contributed by atoms with Gasteiger partial charge in [0.1, 0.15) is 17.0 Å². The number of amides is 1. The fraction of sp³-hybridized carbons (Fsp3) is 0.250. The van der Waals surface area contributed by atoms with Crippen LogP contribution in [0.3, 0.4) is 0 Å². The van der Waals surface area contributed by atoms with E-state index in [2.05, 4.69) is 10.4 Å². The van der Waals surface area contributed by atoms with Gasteiger partial charge in [0.25, 0.3) is 11.5 Å². The number of aromatic hydroxyl groups is 1. The van der Waals surface area contributed by atoms with Crippen LogP contribution in [0.5, 0.6) is 11.5 Å². The zero-order chi connectivity index (χ0) is 18.8. The molecule has 1 amide bonds. The summed E-state index contributed by atoms with van der Waals surface area (Å²) in [7, 11) is 1.41. The van der Waals surface area contributed by atoms with E-state index in [9.17, 15) is 19.5 Å². The molecule has 132 valence electrons. The number of nitrogens with one attached hydrogen (secondary N) is 1. The molecular weight excluding hydrogens is 330 g/mol. The Kier molecular flexibility index (Phi) is 4.77. The molecule has 0 aliphatic rings. The Balaban J connectivity index is 2.54. The monoisotopic (exact) mass is 347 g/mol. The van der Waals surface area contributed by atoms with Gasteiger partial charge in [-0.3, -0.25) is 9.59 Å². The molecule has 1 aromatic heterocycles. The van der Waals surface area contributed by atoms with E-state index in [0.717, 1.165) is 10.7 Å². The molecule has 1 aromatic carbocycles. The molecule has 0 fully saturated rings. The highest BCUT2D eigenvalue weighted by Gasteiger charge is 2.31. The second-order valence-electron chi connectivity index (χ2n) is 5.68. The van der Waals surface area contributed by atoms with Crippen LogP contribution < -0.4 is 15.6 Å². The number of aromatic nitrogens is 2. The summed E-state index contributed by atoms with van der Waals surface area (Å²) in [4.78, 5) is 35.6. The molecule has 0 spiro atoms. The number of carboxylic acid groups (broad SMARTS) is 1. The molecule has 0 unspecified atom stereocenters. The van der Waals surface area contributed by atoms with Crippen molar-refractivity contribution < 1.29 is 24.5 Å². The van der Waals surface area contributed by atoms with Crippen molar-refractivity contribution in [3.05, 3.63) is 46.4 Å². The van der Waals surface area contributed by atoms with E-state index >= 15 is 0 Å². The van der Waals surface area contributed by atoms with Crippen LogP contribution in [0, 0.1) is 0 Å². The molecule has 0 atom stereocenters. The van der Waals surface area contributed by atoms with Crippen LogP contribution >= 0.6 is 0 Å². The number of ether oxygens (including phenoxy) is 1. The van der Waals surface area contributed by atoms with Crippen LogP contribution in [0.1, 0.15) is 24.3 Å². The predicted molar refractivity (Wildman–Crippen MR) is 87.2 cm³/mol. The molecule has 9 heteroatoms. The number of hydrogen-bond acceptors (Lipinski definition) is 6. The van der Waals surface area contributed by atoms with Crippen molar-refractivity contribution >= 4 is 11.9 Å². The van der Waals surface area contributed by atoms with Gasteiger partial charge in [-0.25, -0.2) is 4.79 Å². The summed E-state index contributed by atoms with van der Waals surface area (Å²) in [6.07, 6.45) is 0. The number of benzene rings is 1. The molecule has 2 rings (SSSR count). The Labute approximate surface area is 142 Å². The molecule has 1 heterocycles. The Morgan fingerprint density at radius 3 is 2.52 bits per heavy atom. The van der Waals surface area contributed by atoms with Crippen LogP contribution in [0.25, 0.3) is 5.69 Å². The zero-order valence-corrected chi connectivity index (χ0v) is 13.8. The summed E-state index contributed by atoms with van der Waals surface area (Å²) >= 11 is 0. The summed E-state index contributed by atoms with van der Waals surface area (Å²) in [5, 5.41) is 25.1. The van der Waals surface area contributed by atoms with E-state index in [0.29, 0.717) is 5.75 Å². The van der Waals surface area contributed by atoms with Crippen LogP contribution in [0.2, 0.25) is 0 Å². The lowest BCUT2D eigenvalue weighted by atomic mass is 10.1. The quantitative estimate of drug-likeness (QED) is 0.719. The Morgan fingerprint density at radius 2 is 1.92 bits per heavy atom. The van der Waals surface area contributed by atoms with Gasteiger partial charge in [0.05, 0.1) is 7.11 Å². The predicted octanol–water partition coefficient (Wildman–Crippen LogP) is 0.540. The highest BCUT2D eigenvalue weighted by Crippen LogP contribution is 2.21. The fourth-order valence-corrected chi connectivity index (χ4v) is 1.98. The molecule has 0 aliphatic carbocycles. The van der Waals surface area contributed by atoms with E-state index in [-0.39, 0.29) is 5.69 Å². The van der Waals surface area contributed by atoms with Gasteiger partial charge in [-0.2, -0.15) is 9.78 Å². The molecule has 0 bridgehead atoms. The first-order valence-electron chi connectivity index (χ1n) is 7.20. The van der Waals surface area contributed by atoms with Gasteiger partial charge in [0.2, 0.25) is 0 Å². The van der Waals surface area contributed by atoms with E-state index in [4.69, 9.17) is 9.84 Å². The number of hydrogen-bond donors (Lipinski definition) is 3. The lowest BCUT2D eigenvalue weighted by Crippen LogP contribution is -2.50. The Hall–Kier alpha value is -3.36. The number of methoxy groups -OCH3 is 1. The second-order valence-corrected chi connectivity index (χ2v) is 5.68. The summed E-state index contributed by atoms with van der Waals surface area (Å²) in [6.45, 7) is 2.56. The first-order valence-corrected chi connectivity index (χ1v) is 7.20. The third-order valence-corrected chi connectivity index (χ3v) is 3.40. The van der Waals surface area contributed by atoms with Gasteiger partial charge in [-0.1, -0.05) is 12.1 Å². The van der Waals surface area contributed by atoms with Crippen LogP contribution in [0.15, 0.2) is 35.1 Å². The number of nitrogens with zero attached hydrogens (tertiary/aromatic N) is 2. The average molecular weight is 347 g/mol. The normalized spacial score (nSPS) is 11.0. The summed E-state index contributed by atoms with van der Waals surface area (Å²) < 4.78 is 6.05. The van der Waals surface area contributed by atoms with Crippen molar-refractivity contribution in [1.29, 1.82) is 0 Å². The molecule has 3 N–H and O–H groups in total. The Morgan fingerprint density at radius 1 is 1.28 bits per heavy atom. The first kappa shape index (κ1) is 18.0. The average Bonchev–Trinajstić information content (AvgIpc) is 2.54. The fourth-order valence-electron chi connectivity index (χ4n) is 1.98. The second kappa shape index (κ2) is 6.63. The molecule has 2 aromatic rings. The summed E-state index contributed by atoms with van der Waals surface area (Å²) in [5.74, 6) is -2.53. The lowest BCUT2D eigenvalue weighted by Gasteiger charge is -2.21. The first-order chi connectivity index (χ1) is 11.7. The largest absolute Gasteiger partial charge is 0.505 e. The molecule has 0 saturated heterocycles. The van der Waals surface area contributed by atoms with Crippen molar-refractivity contribution in [2.75, 3.05) is 7.11 Å². The Bertz CT molecular complexity index is 888. The van der Waals surface area contributed by atoms with Gasteiger partial charge in [0.15, 0.2) is 11.4 Å². The van der Waals surface area contributed by atoms with Crippen molar-refractivity contribution in [3.8, 4) is 17.2 Å². The van der Waals surface area contributed by atoms with Crippen molar-refractivity contribution in [1.82, 2.24) is 15.1 Å². The lowest BCUT2D eigenvalue weighted by molar-refractivity contribution is -0.143. The van der Waals surface area contributed by atoms with E-state index in [1.54, 1.807) is 24.3 Å². The van der Waals surface area contributed by atoms with Crippen LogP contribution in [0.4, 0.5) is 0 Å². The van der Waals surface area contributed by atoms with Gasteiger partial charge in [0, 0.05) is 6.07 Å². The summed E-state index contributed by atoms with van der Waals surface area (Å²) in [5.41, 5.74) is -2.49. The van der Waals surface area contributed by atoms with Crippen molar-refractivity contribution in [2.45, 2.75) is 19.4 Å². The van der Waals surface area contributed by atoms with Crippen molar-refractivity contribution in [2.24, 2.45) is 0 Å². The number of carbonyl (C=O) groups is 2. The van der Waals surface area contributed by atoms with Crippen molar-refractivity contribution in [3.63, 3.8) is 0 Å². The molecular formula is C16H17N3O6. The number of para-hydroxylation sites is 2. The third kappa shape index (κ3) is 3.60. The SMILES string of the molecule is COc1ccccc1-n1nc(C(=O)NC(C)(C)C(=O)O)c(O)cc1=O. The van der Waals surface area contributed by atoms with Gasteiger partial charge in [-0.15, -0.1) is 0 Å². The minimum absolute atomic E-state index is 0.265. The highest BCUT2D eigenvalue weighted by atomic mass is 16.5.